The average molecular weight is 468 g/mol. The minimum Gasteiger partial charge on any atom is -0.355 e. The maximum atomic E-state index is 13.0. The smallest absolute Gasteiger partial charge is 0.276 e. The summed E-state index contributed by atoms with van der Waals surface area (Å²) < 4.78 is 18.2. The van der Waals surface area contributed by atoms with Crippen LogP contribution >= 0.6 is 0 Å². The summed E-state index contributed by atoms with van der Waals surface area (Å²) in [4.78, 5) is 28.0. The van der Waals surface area contributed by atoms with Gasteiger partial charge in [-0.1, -0.05) is 62.3 Å². The number of carbonyl (C=O) groups is 2. The standard InChI is InChI=1S/C17H18FN3O3.C6H6.C4H10/c1-10-9-21(11(2)16(22)20(10)3)17(23)14-8-15(24-19-14)12-4-6-13(18)7-5-12;1-2-4-6-5-3-1;1-4(2)3/h4-8,10-11H,9H2,1-3H3;1-6H;4H,1-3H3. The Labute approximate surface area is 201 Å². The molecule has 1 aliphatic heterocycles. The molecule has 0 aliphatic carbocycles. The number of rotatable bonds is 2. The molecule has 6 nitrogen and oxygen atoms in total. The van der Waals surface area contributed by atoms with Crippen LogP contribution < -0.4 is 0 Å². The largest absolute Gasteiger partial charge is 0.355 e. The summed E-state index contributed by atoms with van der Waals surface area (Å²) in [6.45, 7) is 10.5. The Hall–Kier alpha value is -3.48. The van der Waals surface area contributed by atoms with Crippen LogP contribution in [0.25, 0.3) is 11.3 Å². The lowest BCUT2D eigenvalue weighted by atomic mass is 10.1. The first-order valence-electron chi connectivity index (χ1n) is 11.4. The Kier molecular flexibility index (Phi) is 9.98. The van der Waals surface area contributed by atoms with Crippen molar-refractivity contribution in [2.45, 2.75) is 46.7 Å². The summed E-state index contributed by atoms with van der Waals surface area (Å²) in [6, 6.07) is 18.6. The summed E-state index contributed by atoms with van der Waals surface area (Å²) >= 11 is 0. The molecule has 2 amide bonds. The molecule has 1 saturated heterocycles. The highest BCUT2D eigenvalue weighted by molar-refractivity contribution is 5.97. The van der Waals surface area contributed by atoms with Gasteiger partial charge in [-0.3, -0.25) is 9.59 Å². The Morgan fingerprint density at radius 1 is 1.03 bits per heavy atom. The van der Waals surface area contributed by atoms with Gasteiger partial charge in [-0.15, -0.1) is 0 Å². The highest BCUT2D eigenvalue weighted by atomic mass is 19.1. The highest BCUT2D eigenvalue weighted by Gasteiger charge is 2.37. The van der Waals surface area contributed by atoms with Gasteiger partial charge in [-0.05, 0) is 44.0 Å². The molecule has 0 N–H and O–H groups in total. The van der Waals surface area contributed by atoms with E-state index in [4.69, 9.17) is 4.52 Å². The number of aromatic nitrogens is 1. The van der Waals surface area contributed by atoms with Crippen molar-refractivity contribution in [2.75, 3.05) is 13.6 Å². The molecule has 0 radical (unpaired) electrons. The van der Waals surface area contributed by atoms with Crippen molar-refractivity contribution in [3.63, 3.8) is 0 Å². The first-order chi connectivity index (χ1) is 16.1. The van der Waals surface area contributed by atoms with E-state index < -0.39 is 6.04 Å². The SMILES string of the molecule is CC(C)C.CC1CN(C(=O)c2cc(-c3ccc(F)cc3)on2)C(C)C(=O)N1C.c1ccccc1. The summed E-state index contributed by atoms with van der Waals surface area (Å²) in [6.07, 6.45) is 0. The van der Waals surface area contributed by atoms with Crippen molar-refractivity contribution in [3.05, 3.63) is 78.2 Å². The summed E-state index contributed by atoms with van der Waals surface area (Å²) in [5.41, 5.74) is 0.754. The molecule has 0 saturated carbocycles. The van der Waals surface area contributed by atoms with E-state index in [9.17, 15) is 14.0 Å². The van der Waals surface area contributed by atoms with E-state index in [1.165, 1.54) is 23.1 Å². The number of benzene rings is 2. The van der Waals surface area contributed by atoms with Crippen LogP contribution in [0.1, 0.15) is 45.1 Å². The monoisotopic (exact) mass is 467 g/mol. The van der Waals surface area contributed by atoms with Crippen LogP contribution in [-0.4, -0.2) is 52.4 Å². The van der Waals surface area contributed by atoms with Crippen LogP contribution in [0.2, 0.25) is 0 Å². The van der Waals surface area contributed by atoms with E-state index in [0.29, 0.717) is 17.9 Å². The zero-order chi connectivity index (χ0) is 25.3. The lowest BCUT2D eigenvalue weighted by Crippen LogP contribution is -2.60. The highest BCUT2D eigenvalue weighted by Crippen LogP contribution is 2.23. The predicted octanol–water partition coefficient (Wildman–Crippen LogP) is 5.52. The fourth-order valence-corrected chi connectivity index (χ4v) is 3.13. The Morgan fingerprint density at radius 3 is 2.03 bits per heavy atom. The predicted molar refractivity (Wildman–Crippen MR) is 132 cm³/mol. The molecule has 0 bridgehead atoms. The zero-order valence-electron chi connectivity index (χ0n) is 20.7. The van der Waals surface area contributed by atoms with E-state index in [0.717, 1.165) is 5.92 Å². The molecule has 1 fully saturated rings. The summed E-state index contributed by atoms with van der Waals surface area (Å²) in [7, 11) is 1.73. The summed E-state index contributed by atoms with van der Waals surface area (Å²) in [5.74, 6) is 0.394. The third-order valence-corrected chi connectivity index (χ3v) is 5.08. The van der Waals surface area contributed by atoms with Gasteiger partial charge in [0.25, 0.3) is 5.91 Å². The van der Waals surface area contributed by atoms with Gasteiger partial charge in [0.2, 0.25) is 5.91 Å². The van der Waals surface area contributed by atoms with Crippen LogP contribution in [0.5, 0.6) is 0 Å². The van der Waals surface area contributed by atoms with Crippen LogP contribution in [-0.2, 0) is 4.79 Å². The average Bonchev–Trinajstić information content (AvgIpc) is 3.31. The van der Waals surface area contributed by atoms with Crippen molar-refractivity contribution < 1.29 is 18.5 Å². The van der Waals surface area contributed by atoms with E-state index in [1.54, 1.807) is 31.0 Å². The Bertz CT molecular complexity index is 1010. The fourth-order valence-electron chi connectivity index (χ4n) is 3.13. The molecule has 2 unspecified atom stereocenters. The molecular formula is C27H34FN3O3. The topological polar surface area (TPSA) is 66.7 Å². The van der Waals surface area contributed by atoms with Gasteiger partial charge in [0.1, 0.15) is 11.9 Å². The van der Waals surface area contributed by atoms with Crippen LogP contribution in [0.3, 0.4) is 0 Å². The molecule has 7 heteroatoms. The minimum atomic E-state index is -0.551. The quantitative estimate of drug-likeness (QED) is 0.498. The van der Waals surface area contributed by atoms with E-state index in [-0.39, 0.29) is 29.4 Å². The second-order valence-corrected chi connectivity index (χ2v) is 8.90. The molecule has 2 heterocycles. The van der Waals surface area contributed by atoms with Gasteiger partial charge in [0.05, 0.1) is 0 Å². The van der Waals surface area contributed by atoms with Gasteiger partial charge >= 0.3 is 0 Å². The fraction of sp³-hybridized carbons (Fsp3) is 0.370. The molecule has 1 aromatic heterocycles. The van der Waals surface area contributed by atoms with Crippen molar-refractivity contribution >= 4 is 11.8 Å². The number of hydrogen-bond donors (Lipinski definition) is 0. The molecule has 0 spiro atoms. The van der Waals surface area contributed by atoms with Crippen LogP contribution in [0, 0.1) is 11.7 Å². The molecule has 34 heavy (non-hydrogen) atoms. The van der Waals surface area contributed by atoms with Gasteiger partial charge in [0.15, 0.2) is 11.5 Å². The van der Waals surface area contributed by atoms with Crippen molar-refractivity contribution in [1.29, 1.82) is 0 Å². The maximum absolute atomic E-state index is 13.0. The van der Waals surface area contributed by atoms with Gasteiger partial charge in [0, 0.05) is 31.3 Å². The number of piperazine rings is 1. The van der Waals surface area contributed by atoms with Gasteiger partial charge in [-0.2, -0.15) is 0 Å². The minimum absolute atomic E-state index is 0.0684. The molecule has 1 aliphatic rings. The lowest BCUT2D eigenvalue weighted by molar-refractivity contribution is -0.140. The Balaban J connectivity index is 0.000000340. The second-order valence-electron chi connectivity index (χ2n) is 8.90. The molecule has 182 valence electrons. The third-order valence-electron chi connectivity index (χ3n) is 5.08. The molecule has 3 aromatic rings. The number of hydrogen-bond acceptors (Lipinski definition) is 4. The number of halogens is 1. The maximum Gasteiger partial charge on any atom is 0.276 e. The molecular weight excluding hydrogens is 433 g/mol. The first kappa shape index (κ1) is 26.8. The van der Waals surface area contributed by atoms with Crippen LogP contribution in [0.4, 0.5) is 4.39 Å². The van der Waals surface area contributed by atoms with Crippen molar-refractivity contribution in [1.82, 2.24) is 15.0 Å². The third kappa shape index (κ3) is 7.54. The van der Waals surface area contributed by atoms with E-state index in [2.05, 4.69) is 25.9 Å². The van der Waals surface area contributed by atoms with E-state index >= 15 is 0 Å². The Morgan fingerprint density at radius 2 is 1.53 bits per heavy atom. The normalized spacial score (nSPS) is 17.5. The van der Waals surface area contributed by atoms with Gasteiger partial charge < -0.3 is 14.3 Å². The number of nitrogens with zero attached hydrogens (tertiary/aromatic N) is 3. The number of carbonyl (C=O) groups excluding carboxylic acids is 2. The lowest BCUT2D eigenvalue weighted by Gasteiger charge is -2.41. The van der Waals surface area contributed by atoms with Crippen LogP contribution in [0.15, 0.2) is 71.3 Å². The van der Waals surface area contributed by atoms with Gasteiger partial charge in [-0.25, -0.2) is 4.39 Å². The summed E-state index contributed by atoms with van der Waals surface area (Å²) in [5, 5.41) is 3.81. The first-order valence-corrected chi connectivity index (χ1v) is 11.4. The molecule has 2 aromatic carbocycles. The number of likely N-dealkylation sites (N-methyl/N-ethyl adjacent to an activating group) is 1. The molecule has 4 rings (SSSR count). The van der Waals surface area contributed by atoms with Crippen molar-refractivity contribution in [3.8, 4) is 11.3 Å². The molecule has 2 atom stereocenters. The second kappa shape index (κ2) is 12.7. The number of amides is 2. The zero-order valence-corrected chi connectivity index (χ0v) is 20.7. The van der Waals surface area contributed by atoms with Crippen molar-refractivity contribution in [2.24, 2.45) is 5.92 Å². The van der Waals surface area contributed by atoms with E-state index in [1.807, 2.05) is 43.3 Å².